The first-order valence-corrected chi connectivity index (χ1v) is 6.91. The van der Waals surface area contributed by atoms with Gasteiger partial charge in [0.1, 0.15) is 0 Å². The third kappa shape index (κ3) is 38.7. The first kappa shape index (κ1) is 6.15. The summed E-state index contributed by atoms with van der Waals surface area (Å²) in [6.07, 6.45) is 0. The zero-order valence-corrected chi connectivity index (χ0v) is 6.11. The van der Waals surface area contributed by atoms with Crippen LogP contribution in [0.3, 0.4) is 0 Å². The maximum Gasteiger partial charge on any atom is 0.302 e. The van der Waals surface area contributed by atoms with Crippen LogP contribution in [0.5, 0.6) is 0 Å². The van der Waals surface area contributed by atoms with Crippen LogP contribution in [-0.2, 0) is 0 Å². The Morgan fingerprint density at radius 2 is 1.60 bits per heavy atom. The van der Waals surface area contributed by atoms with Crippen molar-refractivity contribution in [2.45, 2.75) is 6.55 Å². The minimum atomic E-state index is -1.97. The maximum atomic E-state index is 5.30. The molecule has 0 rings (SSSR count). The lowest BCUT2D eigenvalue weighted by molar-refractivity contribution is 2.32. The van der Waals surface area contributed by atoms with Crippen LogP contribution in [0.4, 0.5) is 0 Å². The summed E-state index contributed by atoms with van der Waals surface area (Å²) >= 11 is 14.4. The van der Waals surface area contributed by atoms with Gasteiger partial charge >= 0.3 is 5.84 Å². The molecule has 0 aromatic rings. The SMILES string of the molecule is C[Si](S)(Cl)Cl. The zero-order chi connectivity index (χ0) is 4.50. The molecule has 0 atom stereocenters. The normalized spacial score (nSPS) is 12.0. The van der Waals surface area contributed by atoms with Gasteiger partial charge in [-0.3, -0.25) is 0 Å². The molecule has 0 unspecified atom stereocenters. The fourth-order valence-corrected chi connectivity index (χ4v) is 0. The Labute approximate surface area is 46.9 Å². The van der Waals surface area contributed by atoms with Crippen molar-refractivity contribution in [1.29, 1.82) is 0 Å². The number of rotatable bonds is 0. The summed E-state index contributed by atoms with van der Waals surface area (Å²) < 4.78 is 0. The van der Waals surface area contributed by atoms with Gasteiger partial charge in [-0.15, -0.1) is 22.2 Å². The predicted molar refractivity (Wildman–Crippen MR) is 32.3 cm³/mol. The van der Waals surface area contributed by atoms with Crippen LogP contribution >= 0.6 is 34.2 Å². The maximum absolute atomic E-state index is 5.30. The predicted octanol–water partition coefficient (Wildman–Crippen LogP) is 1.96. The molecule has 0 saturated heterocycles. The molecule has 0 N–H and O–H groups in total. The van der Waals surface area contributed by atoms with E-state index in [0.29, 0.717) is 0 Å². The van der Waals surface area contributed by atoms with Crippen molar-refractivity contribution < 1.29 is 0 Å². The molecular weight excluding hydrogens is 143 g/mol. The molecule has 32 valence electrons. The first-order chi connectivity index (χ1) is 2.00. The lowest BCUT2D eigenvalue weighted by Crippen LogP contribution is -1.97. The summed E-state index contributed by atoms with van der Waals surface area (Å²) in [4.78, 5) is 0. The van der Waals surface area contributed by atoms with Crippen LogP contribution in [0.25, 0.3) is 0 Å². The van der Waals surface area contributed by atoms with Gasteiger partial charge in [0.15, 0.2) is 0 Å². The van der Waals surface area contributed by atoms with E-state index in [1.807, 2.05) is 0 Å². The summed E-state index contributed by atoms with van der Waals surface area (Å²) in [7, 11) is 0. The molecule has 0 nitrogen and oxygen atoms in total. The summed E-state index contributed by atoms with van der Waals surface area (Å²) in [5, 5.41) is 0. The smallest absolute Gasteiger partial charge is 0.171 e. The van der Waals surface area contributed by atoms with Crippen LogP contribution < -0.4 is 0 Å². The molecule has 0 aliphatic rings. The second-order valence-corrected chi connectivity index (χ2v) is 11.9. The number of hydrogen-bond donors (Lipinski definition) is 1. The van der Waals surface area contributed by atoms with Crippen molar-refractivity contribution in [2.75, 3.05) is 0 Å². The van der Waals surface area contributed by atoms with Gasteiger partial charge in [-0.2, -0.15) is 12.1 Å². The van der Waals surface area contributed by atoms with Crippen molar-refractivity contribution >= 4 is 40.1 Å². The van der Waals surface area contributed by atoms with Crippen molar-refractivity contribution in [3.63, 3.8) is 0 Å². The zero-order valence-electron chi connectivity index (χ0n) is 2.70. The van der Waals surface area contributed by atoms with E-state index in [1.165, 1.54) is 0 Å². The third-order valence-electron chi connectivity index (χ3n) is 0. The van der Waals surface area contributed by atoms with E-state index in [1.54, 1.807) is 6.55 Å². The van der Waals surface area contributed by atoms with Gasteiger partial charge in [-0.1, -0.05) is 0 Å². The molecule has 0 amide bonds. The van der Waals surface area contributed by atoms with E-state index in [2.05, 4.69) is 12.1 Å². The Morgan fingerprint density at radius 1 is 1.60 bits per heavy atom. The molecule has 0 aromatic carbocycles. The van der Waals surface area contributed by atoms with Gasteiger partial charge in [0.2, 0.25) is 0 Å². The second-order valence-electron chi connectivity index (χ2n) is 0.842. The molecule has 5 heavy (non-hydrogen) atoms. The molecule has 0 fully saturated rings. The Morgan fingerprint density at radius 3 is 1.60 bits per heavy atom. The first-order valence-electron chi connectivity index (χ1n) is 1.10. The summed E-state index contributed by atoms with van der Waals surface area (Å²) in [6.45, 7) is 1.72. The minimum absolute atomic E-state index is 1.72. The monoisotopic (exact) mass is 146 g/mol. The van der Waals surface area contributed by atoms with Crippen molar-refractivity contribution in [3.8, 4) is 0 Å². The number of hydrogen-bond acceptors (Lipinski definition) is 1. The fraction of sp³-hybridized carbons (Fsp3) is 1.00. The highest BCUT2D eigenvalue weighted by Gasteiger charge is 2.11. The quantitative estimate of drug-likeness (QED) is 0.302. The van der Waals surface area contributed by atoms with Gasteiger partial charge in [0, 0.05) is 0 Å². The van der Waals surface area contributed by atoms with Crippen molar-refractivity contribution in [2.24, 2.45) is 0 Å². The van der Waals surface area contributed by atoms with E-state index in [0.717, 1.165) is 0 Å². The highest BCUT2D eigenvalue weighted by molar-refractivity contribution is 8.26. The number of thiol groups is 1. The summed E-state index contributed by atoms with van der Waals surface area (Å²) in [6, 6.07) is 0. The third-order valence-corrected chi connectivity index (χ3v) is 0. The average Bonchev–Trinajstić information content (AvgIpc) is 0.722. The van der Waals surface area contributed by atoms with Crippen LogP contribution in [0.2, 0.25) is 6.55 Å². The molecule has 0 spiro atoms. The topological polar surface area (TPSA) is 0 Å². The lowest BCUT2D eigenvalue weighted by atomic mass is 11.9. The van der Waals surface area contributed by atoms with E-state index in [9.17, 15) is 0 Å². The fourth-order valence-electron chi connectivity index (χ4n) is 0. The number of halogens is 2. The molecule has 0 radical (unpaired) electrons. The van der Waals surface area contributed by atoms with Crippen molar-refractivity contribution in [1.82, 2.24) is 0 Å². The van der Waals surface area contributed by atoms with Crippen LogP contribution in [0.15, 0.2) is 0 Å². The molecule has 4 heteroatoms. The van der Waals surface area contributed by atoms with Gasteiger partial charge in [0.05, 0.1) is 0 Å². The highest BCUT2D eigenvalue weighted by atomic mass is 35.7. The van der Waals surface area contributed by atoms with E-state index in [-0.39, 0.29) is 0 Å². The second kappa shape index (κ2) is 1.73. The summed E-state index contributed by atoms with van der Waals surface area (Å²) in [5.74, 6) is -1.97. The van der Waals surface area contributed by atoms with Gasteiger partial charge in [-0.05, 0) is 6.55 Å². The van der Waals surface area contributed by atoms with Gasteiger partial charge in [0.25, 0.3) is 0 Å². The largest absolute Gasteiger partial charge is 0.302 e. The van der Waals surface area contributed by atoms with Gasteiger partial charge in [-0.25, -0.2) is 0 Å². The molecule has 0 heterocycles. The molecular formula is CH4Cl2SSi. The Kier molecular flexibility index (Phi) is 2.13. The average molecular weight is 147 g/mol. The molecule has 0 bridgehead atoms. The highest BCUT2D eigenvalue weighted by Crippen LogP contribution is 2.16. The molecule has 0 aliphatic carbocycles. The van der Waals surface area contributed by atoms with Crippen LogP contribution in [0.1, 0.15) is 0 Å². The standard InChI is InChI=1S/CH4Cl2SSi/c1-5(2,3)4/h4H,1H3. The van der Waals surface area contributed by atoms with Crippen molar-refractivity contribution in [3.05, 3.63) is 0 Å². The minimum Gasteiger partial charge on any atom is -0.171 e. The van der Waals surface area contributed by atoms with Gasteiger partial charge < -0.3 is 0 Å². The van der Waals surface area contributed by atoms with E-state index < -0.39 is 5.84 Å². The Bertz CT molecular complexity index is 25.1. The lowest BCUT2D eigenvalue weighted by Gasteiger charge is -1.92. The van der Waals surface area contributed by atoms with E-state index in [4.69, 9.17) is 22.2 Å². The molecule has 0 aliphatic heterocycles. The van der Waals surface area contributed by atoms with Crippen LogP contribution in [0, 0.1) is 0 Å². The molecule has 0 aromatic heterocycles. The summed E-state index contributed by atoms with van der Waals surface area (Å²) in [5.41, 5.74) is 0. The Balaban J connectivity index is 3.02. The Hall–Kier alpha value is 1.15. The van der Waals surface area contributed by atoms with Crippen LogP contribution in [-0.4, -0.2) is 5.84 Å². The molecule has 0 saturated carbocycles. The van der Waals surface area contributed by atoms with E-state index >= 15 is 0 Å².